The normalized spacial score (nSPS) is 14.3. The highest BCUT2D eigenvalue weighted by Gasteiger charge is 2.38. The van der Waals surface area contributed by atoms with Crippen LogP contribution in [0.2, 0.25) is 0 Å². The highest BCUT2D eigenvalue weighted by Crippen LogP contribution is 2.34. The third-order valence-electron chi connectivity index (χ3n) is 5.52. The Bertz CT molecular complexity index is 1280. The van der Waals surface area contributed by atoms with Crippen molar-refractivity contribution in [3.05, 3.63) is 53.9 Å². The van der Waals surface area contributed by atoms with Crippen molar-refractivity contribution in [1.29, 1.82) is 0 Å². The summed E-state index contributed by atoms with van der Waals surface area (Å²) in [7, 11) is 1.61. The summed E-state index contributed by atoms with van der Waals surface area (Å²) in [5.41, 5.74) is 4.25. The SMILES string of the molecule is COc1ccc2c(c1)CC(C(=O)Nc1ccc(-c3cn[nH]c3C)cc1OCCO)CO2.O=C(O)C(F)(F)F. The van der Waals surface area contributed by atoms with Gasteiger partial charge in [0.05, 0.1) is 31.5 Å². The number of hydrogen-bond acceptors (Lipinski definition) is 7. The molecule has 0 fully saturated rings. The Kier molecular flexibility index (Phi) is 9.18. The molecule has 2 aromatic carbocycles. The Morgan fingerprint density at radius 3 is 2.58 bits per heavy atom. The molecule has 3 aromatic rings. The number of amides is 1. The number of rotatable bonds is 7. The molecule has 2 heterocycles. The first-order chi connectivity index (χ1) is 18.0. The number of carbonyl (C=O) groups excluding carboxylic acids is 1. The number of aliphatic hydroxyl groups is 1. The fourth-order valence-corrected chi connectivity index (χ4v) is 3.61. The lowest BCUT2D eigenvalue weighted by molar-refractivity contribution is -0.192. The number of aromatic amines is 1. The standard InChI is InChI=1S/C23H25N3O5.C2HF3O2/c1-14-19(12-24-26-14)15-3-5-20(22(11-15)30-8-7-27)25-23(28)17-9-16-10-18(29-2)4-6-21(16)31-13-17;3-2(4,5)1(6)7/h3-6,10-12,17,27H,7-9,13H2,1-2H3,(H,24,26)(H,25,28);(H,6,7). The average molecular weight is 537 g/mol. The summed E-state index contributed by atoms with van der Waals surface area (Å²) >= 11 is 0. The summed E-state index contributed by atoms with van der Waals surface area (Å²) in [6, 6.07) is 11.1. The van der Waals surface area contributed by atoms with Gasteiger partial charge in [0.25, 0.3) is 0 Å². The zero-order chi connectivity index (χ0) is 27.9. The van der Waals surface area contributed by atoms with Gasteiger partial charge in [0, 0.05) is 11.3 Å². The number of benzene rings is 2. The van der Waals surface area contributed by atoms with Crippen molar-refractivity contribution in [1.82, 2.24) is 10.2 Å². The molecule has 38 heavy (non-hydrogen) atoms. The average Bonchev–Trinajstić information content (AvgIpc) is 3.32. The molecule has 4 rings (SSSR count). The third kappa shape index (κ3) is 7.16. The number of alkyl halides is 3. The van der Waals surface area contributed by atoms with Gasteiger partial charge in [0.15, 0.2) is 0 Å². The second kappa shape index (κ2) is 12.3. The van der Waals surface area contributed by atoms with Gasteiger partial charge in [-0.05, 0) is 54.8 Å². The second-order valence-electron chi connectivity index (χ2n) is 8.17. The maximum absolute atomic E-state index is 13.0. The zero-order valence-corrected chi connectivity index (χ0v) is 20.5. The van der Waals surface area contributed by atoms with Crippen LogP contribution in [0.4, 0.5) is 18.9 Å². The van der Waals surface area contributed by atoms with Crippen LogP contribution >= 0.6 is 0 Å². The van der Waals surface area contributed by atoms with Crippen LogP contribution in [0.5, 0.6) is 17.2 Å². The summed E-state index contributed by atoms with van der Waals surface area (Å²) in [4.78, 5) is 21.9. The van der Waals surface area contributed by atoms with Crippen LogP contribution in [-0.4, -0.2) is 65.4 Å². The molecule has 0 bridgehead atoms. The van der Waals surface area contributed by atoms with E-state index in [0.717, 1.165) is 33.9 Å². The molecule has 204 valence electrons. The molecule has 1 aliphatic heterocycles. The molecule has 0 saturated carbocycles. The van der Waals surface area contributed by atoms with Gasteiger partial charge in [-0.3, -0.25) is 9.89 Å². The van der Waals surface area contributed by atoms with Crippen molar-refractivity contribution < 1.29 is 47.2 Å². The topological polar surface area (TPSA) is 143 Å². The number of nitrogens with zero attached hydrogens (tertiary/aromatic N) is 1. The van der Waals surface area contributed by atoms with Crippen LogP contribution < -0.4 is 19.5 Å². The number of carboxylic acids is 1. The number of methoxy groups -OCH3 is 1. The van der Waals surface area contributed by atoms with Gasteiger partial charge in [-0.15, -0.1) is 0 Å². The van der Waals surface area contributed by atoms with E-state index in [2.05, 4.69) is 15.5 Å². The fraction of sp³-hybridized carbons (Fsp3) is 0.320. The first-order valence-corrected chi connectivity index (χ1v) is 11.3. The number of aryl methyl sites for hydroxylation is 1. The Balaban J connectivity index is 0.000000505. The van der Waals surface area contributed by atoms with Crippen molar-refractivity contribution in [3.63, 3.8) is 0 Å². The number of nitrogens with one attached hydrogen (secondary N) is 2. The van der Waals surface area contributed by atoms with Crippen molar-refractivity contribution in [2.45, 2.75) is 19.5 Å². The quantitative estimate of drug-likeness (QED) is 0.358. The molecular formula is C25H26F3N3O7. The monoisotopic (exact) mass is 537 g/mol. The number of anilines is 1. The van der Waals surface area contributed by atoms with Crippen LogP contribution in [0, 0.1) is 12.8 Å². The van der Waals surface area contributed by atoms with E-state index in [-0.39, 0.29) is 25.0 Å². The van der Waals surface area contributed by atoms with E-state index in [4.69, 9.17) is 24.1 Å². The largest absolute Gasteiger partial charge is 0.497 e. The molecule has 1 unspecified atom stereocenters. The van der Waals surface area contributed by atoms with E-state index in [9.17, 15) is 23.1 Å². The van der Waals surface area contributed by atoms with Gasteiger partial charge in [-0.2, -0.15) is 18.3 Å². The van der Waals surface area contributed by atoms with E-state index < -0.39 is 12.1 Å². The number of fused-ring (bicyclic) bond motifs is 1. The van der Waals surface area contributed by atoms with Crippen LogP contribution in [0.25, 0.3) is 11.1 Å². The molecule has 4 N–H and O–H groups in total. The Labute approximate surface area is 215 Å². The number of aromatic nitrogens is 2. The molecule has 0 saturated heterocycles. The summed E-state index contributed by atoms with van der Waals surface area (Å²) in [5, 5.41) is 26.2. The number of halogens is 3. The summed E-state index contributed by atoms with van der Waals surface area (Å²) in [6.45, 7) is 2.22. The van der Waals surface area contributed by atoms with Crippen LogP contribution in [0.3, 0.4) is 0 Å². The Hall–Kier alpha value is -4.26. The van der Waals surface area contributed by atoms with Gasteiger partial charge in [0.1, 0.15) is 30.5 Å². The van der Waals surface area contributed by atoms with E-state index in [1.807, 2.05) is 37.3 Å². The molecule has 0 spiro atoms. The number of carboxylic acid groups (broad SMARTS) is 1. The predicted molar refractivity (Wildman–Crippen MR) is 129 cm³/mol. The van der Waals surface area contributed by atoms with Crippen LogP contribution in [-0.2, 0) is 16.0 Å². The molecule has 1 atom stereocenters. The number of H-pyrrole nitrogens is 1. The van der Waals surface area contributed by atoms with Crippen molar-refractivity contribution in [2.75, 3.05) is 32.2 Å². The highest BCUT2D eigenvalue weighted by molar-refractivity contribution is 5.95. The molecule has 10 nitrogen and oxygen atoms in total. The van der Waals surface area contributed by atoms with Crippen molar-refractivity contribution >= 4 is 17.6 Å². The number of aliphatic hydroxyl groups excluding tert-OH is 1. The van der Waals surface area contributed by atoms with Gasteiger partial charge in [-0.1, -0.05) is 6.07 Å². The van der Waals surface area contributed by atoms with E-state index in [1.165, 1.54) is 0 Å². The lowest BCUT2D eigenvalue weighted by Crippen LogP contribution is -2.32. The van der Waals surface area contributed by atoms with Crippen molar-refractivity contribution in [3.8, 4) is 28.4 Å². The minimum absolute atomic E-state index is 0.121. The zero-order valence-electron chi connectivity index (χ0n) is 20.5. The maximum atomic E-state index is 13.0. The minimum atomic E-state index is -5.08. The molecule has 1 amide bonds. The molecule has 0 aliphatic carbocycles. The molecular weight excluding hydrogens is 511 g/mol. The molecule has 1 aromatic heterocycles. The summed E-state index contributed by atoms with van der Waals surface area (Å²) in [5.74, 6) is -1.27. The number of aliphatic carboxylic acids is 1. The van der Waals surface area contributed by atoms with Crippen molar-refractivity contribution in [2.24, 2.45) is 5.92 Å². The van der Waals surface area contributed by atoms with E-state index in [1.54, 1.807) is 19.4 Å². The van der Waals surface area contributed by atoms with Gasteiger partial charge < -0.3 is 29.7 Å². The molecule has 1 aliphatic rings. The fourth-order valence-electron chi connectivity index (χ4n) is 3.61. The smallest absolute Gasteiger partial charge is 0.490 e. The summed E-state index contributed by atoms with van der Waals surface area (Å²) in [6.07, 6.45) is -2.79. The van der Waals surface area contributed by atoms with E-state index >= 15 is 0 Å². The Morgan fingerprint density at radius 1 is 1.24 bits per heavy atom. The summed E-state index contributed by atoms with van der Waals surface area (Å²) < 4.78 is 48.5. The maximum Gasteiger partial charge on any atom is 0.490 e. The number of carbonyl (C=O) groups is 2. The Morgan fingerprint density at radius 2 is 1.97 bits per heavy atom. The lowest BCUT2D eigenvalue weighted by atomic mass is 9.95. The minimum Gasteiger partial charge on any atom is -0.497 e. The van der Waals surface area contributed by atoms with Gasteiger partial charge in [0.2, 0.25) is 5.91 Å². The molecule has 0 radical (unpaired) electrons. The van der Waals surface area contributed by atoms with Gasteiger partial charge in [-0.25, -0.2) is 4.79 Å². The number of hydrogen-bond donors (Lipinski definition) is 4. The van der Waals surface area contributed by atoms with E-state index in [0.29, 0.717) is 24.5 Å². The second-order valence-corrected chi connectivity index (χ2v) is 8.17. The predicted octanol–water partition coefficient (Wildman–Crippen LogP) is 3.59. The van der Waals surface area contributed by atoms with Crippen LogP contribution in [0.15, 0.2) is 42.6 Å². The van der Waals surface area contributed by atoms with Gasteiger partial charge >= 0.3 is 12.1 Å². The number of ether oxygens (including phenoxy) is 3. The first kappa shape index (κ1) is 28.3. The van der Waals surface area contributed by atoms with Crippen LogP contribution in [0.1, 0.15) is 11.3 Å². The first-order valence-electron chi connectivity index (χ1n) is 11.3. The lowest BCUT2D eigenvalue weighted by Gasteiger charge is -2.25. The highest BCUT2D eigenvalue weighted by atomic mass is 19.4. The molecule has 13 heteroatoms. The third-order valence-corrected chi connectivity index (χ3v) is 5.52.